The van der Waals surface area contributed by atoms with Crippen LogP contribution in [0.3, 0.4) is 0 Å². The number of hydrogen-bond acceptors (Lipinski definition) is 4. The molecule has 25 heavy (non-hydrogen) atoms. The zero-order valence-electron chi connectivity index (χ0n) is 15.4. The second-order valence-electron chi connectivity index (χ2n) is 7.54. The van der Waals surface area contributed by atoms with Crippen LogP contribution in [0.2, 0.25) is 0 Å². The van der Waals surface area contributed by atoms with Crippen LogP contribution in [0, 0.1) is 0 Å². The lowest BCUT2D eigenvalue weighted by Crippen LogP contribution is -2.36. The van der Waals surface area contributed by atoms with Crippen molar-refractivity contribution in [3.8, 4) is 0 Å². The summed E-state index contributed by atoms with van der Waals surface area (Å²) in [6.07, 6.45) is 11.8. The first-order valence-corrected chi connectivity index (χ1v) is 10.0. The maximum absolute atomic E-state index is 11.1. The van der Waals surface area contributed by atoms with Crippen molar-refractivity contribution in [1.29, 1.82) is 0 Å². The summed E-state index contributed by atoms with van der Waals surface area (Å²) in [7, 11) is 0. The summed E-state index contributed by atoms with van der Waals surface area (Å²) >= 11 is 0. The molecule has 6 heteroatoms. The number of nitrogens with zero attached hydrogens (tertiary/aromatic N) is 2. The molecule has 2 unspecified atom stereocenters. The van der Waals surface area contributed by atoms with Crippen LogP contribution in [-0.4, -0.2) is 70.2 Å². The average Bonchev–Trinajstić information content (AvgIpc) is 3.22. The molecule has 2 fully saturated rings. The number of carboxylic acid groups (broad SMARTS) is 2. The van der Waals surface area contributed by atoms with Gasteiger partial charge < -0.3 is 10.2 Å². The molecule has 0 amide bonds. The van der Waals surface area contributed by atoms with Gasteiger partial charge in [0.1, 0.15) is 12.1 Å². The van der Waals surface area contributed by atoms with E-state index in [0.29, 0.717) is 0 Å². The Hall–Kier alpha value is -1.14. The molecule has 0 radical (unpaired) electrons. The molecule has 2 rings (SSSR count). The molecule has 144 valence electrons. The molecular weight excluding hydrogens is 320 g/mol. The highest BCUT2D eigenvalue weighted by atomic mass is 16.4. The molecule has 0 aromatic carbocycles. The van der Waals surface area contributed by atoms with Crippen molar-refractivity contribution in [3.63, 3.8) is 0 Å². The van der Waals surface area contributed by atoms with Crippen LogP contribution < -0.4 is 0 Å². The first kappa shape index (κ1) is 20.2. The van der Waals surface area contributed by atoms with Crippen LogP contribution in [0.4, 0.5) is 0 Å². The molecule has 0 saturated carbocycles. The summed E-state index contributed by atoms with van der Waals surface area (Å²) < 4.78 is 0. The van der Waals surface area contributed by atoms with E-state index in [1.54, 1.807) is 0 Å². The maximum atomic E-state index is 11.1. The zero-order chi connectivity index (χ0) is 18.1. The molecule has 2 heterocycles. The van der Waals surface area contributed by atoms with E-state index in [9.17, 15) is 9.59 Å². The third-order valence-electron chi connectivity index (χ3n) is 5.69. The summed E-state index contributed by atoms with van der Waals surface area (Å²) in [5.74, 6) is -1.33. The number of rotatable bonds is 12. The van der Waals surface area contributed by atoms with E-state index >= 15 is 0 Å². The highest BCUT2D eigenvalue weighted by Crippen LogP contribution is 2.20. The summed E-state index contributed by atoms with van der Waals surface area (Å²) in [4.78, 5) is 26.5. The van der Waals surface area contributed by atoms with Crippen LogP contribution in [-0.2, 0) is 9.59 Å². The lowest BCUT2D eigenvalue weighted by molar-refractivity contribution is -0.143. The van der Waals surface area contributed by atoms with E-state index in [1.165, 1.54) is 32.1 Å². The minimum atomic E-state index is -0.666. The summed E-state index contributed by atoms with van der Waals surface area (Å²) in [5.41, 5.74) is 0. The van der Waals surface area contributed by atoms with Gasteiger partial charge in [0.15, 0.2) is 0 Å². The molecular formula is C19H34N2O4. The predicted molar refractivity (Wildman–Crippen MR) is 96.8 cm³/mol. The molecule has 0 aromatic heterocycles. The van der Waals surface area contributed by atoms with Crippen LogP contribution in [0.1, 0.15) is 70.6 Å². The van der Waals surface area contributed by atoms with E-state index in [-0.39, 0.29) is 12.1 Å². The van der Waals surface area contributed by atoms with Gasteiger partial charge in [-0.2, -0.15) is 0 Å². The fraction of sp³-hybridized carbons (Fsp3) is 0.895. The average molecular weight is 354 g/mol. The number of hydrogen-bond donors (Lipinski definition) is 2. The maximum Gasteiger partial charge on any atom is 0.320 e. The van der Waals surface area contributed by atoms with E-state index in [4.69, 9.17) is 10.2 Å². The van der Waals surface area contributed by atoms with Crippen molar-refractivity contribution in [3.05, 3.63) is 0 Å². The molecule has 2 saturated heterocycles. The standard InChI is InChI=1S/C19H34N2O4/c22-18(23)16-10-8-14-20(16)12-6-4-2-1-3-5-7-13-21-15-9-11-17(21)19(24)25/h16-17H,1-15H2,(H,22,23)(H,24,25). The largest absolute Gasteiger partial charge is 0.480 e. The van der Waals surface area contributed by atoms with Gasteiger partial charge in [0.2, 0.25) is 0 Å². The highest BCUT2D eigenvalue weighted by molar-refractivity contribution is 5.74. The van der Waals surface area contributed by atoms with Gasteiger partial charge in [-0.05, 0) is 64.7 Å². The van der Waals surface area contributed by atoms with Crippen LogP contribution in [0.15, 0.2) is 0 Å². The third-order valence-corrected chi connectivity index (χ3v) is 5.69. The summed E-state index contributed by atoms with van der Waals surface area (Å²) in [6, 6.07) is -0.500. The van der Waals surface area contributed by atoms with Gasteiger partial charge >= 0.3 is 11.9 Å². The Morgan fingerprint density at radius 1 is 0.680 bits per heavy atom. The lowest BCUT2D eigenvalue weighted by atomic mass is 10.1. The normalized spacial score (nSPS) is 24.8. The van der Waals surface area contributed by atoms with Crippen molar-refractivity contribution < 1.29 is 19.8 Å². The molecule has 0 aliphatic carbocycles. The minimum absolute atomic E-state index is 0.250. The quantitative estimate of drug-likeness (QED) is 0.525. The van der Waals surface area contributed by atoms with E-state index in [2.05, 4.69) is 9.80 Å². The second-order valence-corrected chi connectivity index (χ2v) is 7.54. The number of likely N-dealkylation sites (tertiary alicyclic amines) is 2. The van der Waals surface area contributed by atoms with Crippen molar-refractivity contribution in [2.45, 2.75) is 82.7 Å². The van der Waals surface area contributed by atoms with Crippen LogP contribution >= 0.6 is 0 Å². The monoisotopic (exact) mass is 354 g/mol. The molecule has 0 aromatic rings. The lowest BCUT2D eigenvalue weighted by Gasteiger charge is -2.21. The van der Waals surface area contributed by atoms with Gasteiger partial charge in [-0.15, -0.1) is 0 Å². The molecule has 0 spiro atoms. The number of carboxylic acids is 2. The van der Waals surface area contributed by atoms with Crippen molar-refractivity contribution in [2.75, 3.05) is 26.2 Å². The SMILES string of the molecule is O=C(O)C1CCCN1CCCCCCCCCN1CCCC1C(=O)O. The number of carbonyl (C=O) groups is 2. The second kappa shape index (κ2) is 10.8. The topological polar surface area (TPSA) is 81.1 Å². The van der Waals surface area contributed by atoms with Gasteiger partial charge in [-0.3, -0.25) is 19.4 Å². The van der Waals surface area contributed by atoms with Gasteiger partial charge in [-0.25, -0.2) is 0 Å². The van der Waals surface area contributed by atoms with E-state index in [1.807, 2.05) is 0 Å². The van der Waals surface area contributed by atoms with Crippen LogP contribution in [0.5, 0.6) is 0 Å². The van der Waals surface area contributed by atoms with Crippen molar-refractivity contribution >= 4 is 11.9 Å². The van der Waals surface area contributed by atoms with Crippen molar-refractivity contribution in [2.24, 2.45) is 0 Å². The summed E-state index contributed by atoms with van der Waals surface area (Å²) in [6.45, 7) is 3.71. The van der Waals surface area contributed by atoms with E-state index in [0.717, 1.165) is 64.7 Å². The predicted octanol–water partition coefficient (Wildman–Crippen LogP) is 2.82. The number of aliphatic carboxylic acids is 2. The Labute approximate surface area is 151 Å². The van der Waals surface area contributed by atoms with Crippen molar-refractivity contribution in [1.82, 2.24) is 9.80 Å². The molecule has 2 aliphatic rings. The fourth-order valence-electron chi connectivity index (χ4n) is 4.26. The Balaban J connectivity index is 1.42. The van der Waals surface area contributed by atoms with Gasteiger partial charge in [0.25, 0.3) is 0 Å². The Kier molecular flexibility index (Phi) is 8.68. The first-order chi connectivity index (χ1) is 12.1. The highest BCUT2D eigenvalue weighted by Gasteiger charge is 2.30. The Morgan fingerprint density at radius 2 is 1.04 bits per heavy atom. The fourth-order valence-corrected chi connectivity index (χ4v) is 4.26. The van der Waals surface area contributed by atoms with Gasteiger partial charge in [0, 0.05) is 0 Å². The van der Waals surface area contributed by atoms with Crippen LogP contribution in [0.25, 0.3) is 0 Å². The zero-order valence-corrected chi connectivity index (χ0v) is 15.4. The smallest absolute Gasteiger partial charge is 0.320 e. The Bertz CT molecular complexity index is 392. The molecule has 2 atom stereocenters. The number of unbranched alkanes of at least 4 members (excludes halogenated alkanes) is 6. The first-order valence-electron chi connectivity index (χ1n) is 10.0. The minimum Gasteiger partial charge on any atom is -0.480 e. The Morgan fingerprint density at radius 3 is 1.40 bits per heavy atom. The molecule has 2 aliphatic heterocycles. The molecule has 6 nitrogen and oxygen atoms in total. The van der Waals surface area contributed by atoms with E-state index < -0.39 is 11.9 Å². The van der Waals surface area contributed by atoms with Gasteiger partial charge in [0.05, 0.1) is 0 Å². The summed E-state index contributed by atoms with van der Waals surface area (Å²) in [5, 5.41) is 18.3. The third kappa shape index (κ3) is 6.59. The molecule has 2 N–H and O–H groups in total. The molecule has 0 bridgehead atoms. The van der Waals surface area contributed by atoms with Gasteiger partial charge in [-0.1, -0.05) is 32.1 Å².